The molecule has 0 amide bonds. The van der Waals surface area contributed by atoms with Gasteiger partial charge in [-0.2, -0.15) is 0 Å². The Morgan fingerprint density at radius 3 is 2.55 bits per heavy atom. The first-order valence-corrected chi connectivity index (χ1v) is 12.1. The summed E-state index contributed by atoms with van der Waals surface area (Å²) in [5.41, 5.74) is 12.0. The third-order valence-electron chi connectivity index (χ3n) is 7.21. The summed E-state index contributed by atoms with van der Waals surface area (Å²) < 4.78 is 5.95. The molecule has 0 radical (unpaired) electrons. The van der Waals surface area contributed by atoms with Gasteiger partial charge >= 0.3 is 0 Å². The number of benzene rings is 1. The standard InChI is InChI=1S/C27H38N2O2/c1-16(2)9-19-11-22(12-19)27-25(20-7-8-20)26(29-31-27)23(15-28)14-24(30)13-21-6-5-17(3)10-18(21)4/h5-6,10,16,19-20,22-23H,7-9,11-15,28H2,1-4H3/t19?,22?,23-/m1/s1. The van der Waals surface area contributed by atoms with Crippen LogP contribution in [0, 0.1) is 25.7 Å². The van der Waals surface area contributed by atoms with Gasteiger partial charge in [-0.1, -0.05) is 42.8 Å². The normalized spacial score (nSPS) is 21.9. The Morgan fingerprint density at radius 1 is 1.19 bits per heavy atom. The first kappa shape index (κ1) is 22.3. The summed E-state index contributed by atoms with van der Waals surface area (Å²) in [6.45, 7) is 9.20. The van der Waals surface area contributed by atoms with Crippen LogP contribution in [0.2, 0.25) is 0 Å². The second kappa shape index (κ2) is 9.28. The average Bonchev–Trinajstić information content (AvgIpc) is 3.43. The number of aryl methyl sites for hydroxylation is 2. The fraction of sp³-hybridized carbons (Fsp3) is 0.630. The lowest BCUT2D eigenvalue weighted by atomic mass is 9.69. The van der Waals surface area contributed by atoms with Crippen molar-refractivity contribution in [3.8, 4) is 0 Å². The molecular weight excluding hydrogens is 384 g/mol. The van der Waals surface area contributed by atoms with Gasteiger partial charge < -0.3 is 10.3 Å². The van der Waals surface area contributed by atoms with Crippen LogP contribution in [0.1, 0.15) is 104 Å². The van der Waals surface area contributed by atoms with E-state index < -0.39 is 0 Å². The minimum Gasteiger partial charge on any atom is -0.361 e. The van der Waals surface area contributed by atoms with Gasteiger partial charge in [0.25, 0.3) is 0 Å². The van der Waals surface area contributed by atoms with E-state index in [1.54, 1.807) is 0 Å². The topological polar surface area (TPSA) is 69.1 Å². The van der Waals surface area contributed by atoms with Gasteiger partial charge in [0.2, 0.25) is 0 Å². The molecule has 1 aromatic heterocycles. The van der Waals surface area contributed by atoms with Crippen LogP contribution < -0.4 is 5.73 Å². The highest BCUT2D eigenvalue weighted by Gasteiger charge is 2.41. The van der Waals surface area contributed by atoms with Crippen molar-refractivity contribution in [1.82, 2.24) is 5.16 Å². The lowest BCUT2D eigenvalue weighted by Crippen LogP contribution is -2.24. The number of ketones is 1. The van der Waals surface area contributed by atoms with E-state index >= 15 is 0 Å². The van der Waals surface area contributed by atoms with Gasteiger partial charge in [0.15, 0.2) is 0 Å². The number of aromatic nitrogens is 1. The van der Waals surface area contributed by atoms with Crippen molar-refractivity contribution < 1.29 is 9.32 Å². The third kappa shape index (κ3) is 5.11. The van der Waals surface area contributed by atoms with Crippen molar-refractivity contribution in [3.05, 3.63) is 51.9 Å². The minimum atomic E-state index is -0.0436. The van der Waals surface area contributed by atoms with Crippen LogP contribution >= 0.6 is 0 Å². The number of hydrogen-bond acceptors (Lipinski definition) is 4. The van der Waals surface area contributed by atoms with Crippen LogP contribution in [0.5, 0.6) is 0 Å². The summed E-state index contributed by atoms with van der Waals surface area (Å²) in [6.07, 6.45) is 7.04. The van der Waals surface area contributed by atoms with Crippen molar-refractivity contribution in [2.45, 2.75) is 90.4 Å². The number of nitrogens with two attached hydrogens (primary N) is 1. The molecule has 0 bridgehead atoms. The lowest BCUT2D eigenvalue weighted by molar-refractivity contribution is -0.118. The molecule has 168 valence electrons. The summed E-state index contributed by atoms with van der Waals surface area (Å²) in [7, 11) is 0. The number of rotatable bonds is 10. The smallest absolute Gasteiger partial charge is 0.143 e. The Bertz CT molecular complexity index is 919. The molecule has 0 saturated heterocycles. The summed E-state index contributed by atoms with van der Waals surface area (Å²) in [4.78, 5) is 12.9. The maximum atomic E-state index is 12.9. The molecule has 0 unspecified atom stereocenters. The monoisotopic (exact) mass is 422 g/mol. The molecule has 4 heteroatoms. The molecule has 4 rings (SSSR count). The highest BCUT2D eigenvalue weighted by atomic mass is 16.5. The van der Waals surface area contributed by atoms with Crippen LogP contribution in [0.3, 0.4) is 0 Å². The molecule has 2 N–H and O–H groups in total. The number of nitrogens with zero attached hydrogens (tertiary/aromatic N) is 1. The Kier molecular flexibility index (Phi) is 6.66. The quantitative estimate of drug-likeness (QED) is 0.513. The van der Waals surface area contributed by atoms with Gasteiger partial charge in [0.1, 0.15) is 11.5 Å². The van der Waals surface area contributed by atoms with Crippen molar-refractivity contribution in [1.29, 1.82) is 0 Å². The highest BCUT2D eigenvalue weighted by molar-refractivity contribution is 5.82. The zero-order chi connectivity index (χ0) is 22.1. The predicted molar refractivity (Wildman–Crippen MR) is 124 cm³/mol. The average molecular weight is 423 g/mol. The molecule has 4 nitrogen and oxygen atoms in total. The number of carbonyl (C=O) groups excluding carboxylic acids is 1. The zero-order valence-corrected chi connectivity index (χ0v) is 19.6. The van der Waals surface area contributed by atoms with Crippen molar-refractivity contribution in [2.75, 3.05) is 6.54 Å². The van der Waals surface area contributed by atoms with Crippen LogP contribution in [-0.2, 0) is 11.2 Å². The highest BCUT2D eigenvalue weighted by Crippen LogP contribution is 2.52. The minimum absolute atomic E-state index is 0.0436. The number of Topliss-reactive ketones (excluding diaryl/α,β-unsaturated/α-hetero) is 1. The molecule has 1 heterocycles. The van der Waals surface area contributed by atoms with Gasteiger partial charge in [-0.05, 0) is 74.8 Å². The summed E-state index contributed by atoms with van der Waals surface area (Å²) in [6, 6.07) is 6.30. The Morgan fingerprint density at radius 2 is 1.94 bits per heavy atom. The number of hydrogen-bond donors (Lipinski definition) is 1. The van der Waals surface area contributed by atoms with E-state index in [0.29, 0.717) is 31.2 Å². The van der Waals surface area contributed by atoms with E-state index in [0.717, 1.165) is 28.9 Å². The summed E-state index contributed by atoms with van der Waals surface area (Å²) in [5, 5.41) is 4.52. The molecule has 0 spiro atoms. The van der Waals surface area contributed by atoms with Crippen LogP contribution in [0.4, 0.5) is 0 Å². The fourth-order valence-corrected chi connectivity index (χ4v) is 5.40. The Balaban J connectivity index is 1.46. The molecule has 2 aliphatic carbocycles. The first-order chi connectivity index (χ1) is 14.9. The zero-order valence-electron chi connectivity index (χ0n) is 19.6. The van der Waals surface area contributed by atoms with Gasteiger partial charge in [-0.25, -0.2) is 0 Å². The first-order valence-electron chi connectivity index (χ1n) is 12.1. The van der Waals surface area contributed by atoms with Crippen LogP contribution in [0.15, 0.2) is 22.7 Å². The van der Waals surface area contributed by atoms with Crippen molar-refractivity contribution >= 4 is 5.78 Å². The van der Waals surface area contributed by atoms with Crippen molar-refractivity contribution in [3.63, 3.8) is 0 Å². The lowest BCUT2D eigenvalue weighted by Gasteiger charge is -2.35. The van der Waals surface area contributed by atoms with Gasteiger partial charge in [-0.3, -0.25) is 4.79 Å². The molecule has 1 aromatic carbocycles. The summed E-state index contributed by atoms with van der Waals surface area (Å²) in [5.74, 6) is 3.93. The summed E-state index contributed by atoms with van der Waals surface area (Å²) >= 11 is 0. The molecule has 2 fully saturated rings. The Labute approximate surface area is 187 Å². The van der Waals surface area contributed by atoms with Crippen molar-refractivity contribution in [2.24, 2.45) is 17.6 Å². The predicted octanol–water partition coefficient (Wildman–Crippen LogP) is 5.95. The molecule has 2 aromatic rings. The van der Waals surface area contributed by atoms with Crippen LogP contribution in [-0.4, -0.2) is 17.5 Å². The van der Waals surface area contributed by atoms with E-state index in [1.807, 2.05) is 0 Å². The molecule has 1 atom stereocenters. The van der Waals surface area contributed by atoms with E-state index in [4.69, 9.17) is 10.3 Å². The van der Waals surface area contributed by atoms with Crippen LogP contribution in [0.25, 0.3) is 0 Å². The van der Waals surface area contributed by atoms with Gasteiger partial charge in [0.05, 0.1) is 5.69 Å². The second-order valence-corrected chi connectivity index (χ2v) is 10.6. The molecular formula is C27H38N2O2. The molecule has 31 heavy (non-hydrogen) atoms. The van der Waals surface area contributed by atoms with E-state index in [1.165, 1.54) is 48.8 Å². The van der Waals surface area contributed by atoms with E-state index in [-0.39, 0.29) is 11.7 Å². The molecule has 0 aliphatic heterocycles. The third-order valence-corrected chi connectivity index (χ3v) is 7.21. The van der Waals surface area contributed by atoms with Gasteiger partial charge in [-0.15, -0.1) is 0 Å². The number of carbonyl (C=O) groups is 1. The molecule has 2 aliphatic rings. The fourth-order valence-electron chi connectivity index (χ4n) is 5.40. The SMILES string of the molecule is Cc1ccc(CC(=O)C[C@H](CN)c2noc(C3CC(CC(C)C)C3)c2C2CC2)c(C)c1. The maximum absolute atomic E-state index is 12.9. The Hall–Kier alpha value is -1.94. The van der Waals surface area contributed by atoms with E-state index in [9.17, 15) is 4.79 Å². The largest absolute Gasteiger partial charge is 0.361 e. The second-order valence-electron chi connectivity index (χ2n) is 10.6. The molecule has 2 saturated carbocycles. The maximum Gasteiger partial charge on any atom is 0.143 e. The van der Waals surface area contributed by atoms with Gasteiger partial charge in [0, 0.05) is 36.8 Å². The van der Waals surface area contributed by atoms with E-state index in [2.05, 4.69) is 51.1 Å².